The third-order valence-corrected chi connectivity index (χ3v) is 4.44. The Bertz CT molecular complexity index is 543. The molecule has 0 bridgehead atoms. The van der Waals surface area contributed by atoms with Gasteiger partial charge in [0.05, 0.1) is 18.8 Å². The molecule has 0 radical (unpaired) electrons. The highest BCUT2D eigenvalue weighted by atomic mass is 35.5. The van der Waals surface area contributed by atoms with Crippen LogP contribution >= 0.6 is 11.6 Å². The van der Waals surface area contributed by atoms with Crippen LogP contribution in [0.15, 0.2) is 18.3 Å². The number of nitrogens with zero attached hydrogens (tertiary/aromatic N) is 2. The van der Waals surface area contributed by atoms with Gasteiger partial charge in [0.1, 0.15) is 17.7 Å². The first-order chi connectivity index (χ1) is 10.9. The zero-order valence-corrected chi connectivity index (χ0v) is 14.6. The molecule has 2 heterocycles. The van der Waals surface area contributed by atoms with Crippen LogP contribution in [0.2, 0.25) is 5.02 Å². The number of carbonyl (C=O) groups is 1. The van der Waals surface area contributed by atoms with E-state index in [1.165, 1.54) is 0 Å². The number of aromatic nitrogens is 1. The normalized spacial score (nSPS) is 21.5. The lowest BCUT2D eigenvalue weighted by Crippen LogP contribution is -2.58. The molecule has 1 aromatic heterocycles. The number of pyridine rings is 1. The minimum atomic E-state index is -0.504. The van der Waals surface area contributed by atoms with Crippen LogP contribution in [0.4, 0.5) is 0 Å². The van der Waals surface area contributed by atoms with Gasteiger partial charge in [0, 0.05) is 12.7 Å². The summed E-state index contributed by atoms with van der Waals surface area (Å²) in [5.74, 6) is 0.327. The fourth-order valence-corrected chi connectivity index (χ4v) is 2.45. The fourth-order valence-electron chi connectivity index (χ4n) is 2.27. The quantitative estimate of drug-likeness (QED) is 0.853. The topological polar surface area (TPSA) is 63.7 Å². The lowest BCUT2D eigenvalue weighted by Gasteiger charge is -2.35. The standard InChI is InChI=1S/C16H24ClN3O3/c1-4-16(2,11-23-15-12(17)6-5-7-18-15)19-14(21)13-10-22-9-8-20(13)3/h5-7,13H,4,8-11H2,1-3H3,(H,19,21)/t13-,16-/m1/s1. The summed E-state index contributed by atoms with van der Waals surface area (Å²) in [6.45, 7) is 6.07. The number of likely N-dealkylation sites (N-methyl/N-ethyl adjacent to an activating group) is 1. The minimum absolute atomic E-state index is 0.0488. The van der Waals surface area contributed by atoms with Crippen molar-refractivity contribution in [1.82, 2.24) is 15.2 Å². The van der Waals surface area contributed by atoms with E-state index in [9.17, 15) is 4.79 Å². The summed E-state index contributed by atoms with van der Waals surface area (Å²) in [6, 6.07) is 3.20. The Morgan fingerprint density at radius 1 is 1.65 bits per heavy atom. The van der Waals surface area contributed by atoms with Gasteiger partial charge in [0.25, 0.3) is 0 Å². The summed E-state index contributed by atoms with van der Waals surface area (Å²) >= 11 is 6.04. The SMILES string of the molecule is CC[C@](C)(COc1ncccc1Cl)NC(=O)[C@H]1COCCN1C. The second-order valence-electron chi connectivity index (χ2n) is 6.05. The third kappa shape index (κ3) is 4.80. The molecule has 128 valence electrons. The van der Waals surface area contributed by atoms with Crippen molar-refractivity contribution in [3.8, 4) is 5.88 Å². The van der Waals surface area contributed by atoms with E-state index in [0.717, 1.165) is 13.0 Å². The molecule has 1 aromatic rings. The Labute approximate surface area is 142 Å². The van der Waals surface area contributed by atoms with E-state index in [1.807, 2.05) is 25.8 Å². The second-order valence-corrected chi connectivity index (χ2v) is 6.46. The average Bonchev–Trinajstić information content (AvgIpc) is 2.54. The molecule has 2 atom stereocenters. The zero-order chi connectivity index (χ0) is 16.9. The summed E-state index contributed by atoms with van der Waals surface area (Å²) < 4.78 is 11.1. The van der Waals surface area contributed by atoms with E-state index in [-0.39, 0.29) is 11.9 Å². The molecule has 7 heteroatoms. The first kappa shape index (κ1) is 18.0. The fraction of sp³-hybridized carbons (Fsp3) is 0.625. The van der Waals surface area contributed by atoms with Crippen LogP contribution < -0.4 is 10.1 Å². The van der Waals surface area contributed by atoms with Gasteiger partial charge in [-0.25, -0.2) is 4.98 Å². The lowest BCUT2D eigenvalue weighted by atomic mass is 9.99. The highest BCUT2D eigenvalue weighted by molar-refractivity contribution is 6.31. The maximum absolute atomic E-state index is 12.5. The van der Waals surface area contributed by atoms with Crippen molar-refractivity contribution in [2.75, 3.05) is 33.4 Å². The highest BCUT2D eigenvalue weighted by Gasteiger charge is 2.32. The number of morpholine rings is 1. The predicted molar refractivity (Wildman–Crippen MR) is 88.8 cm³/mol. The molecule has 23 heavy (non-hydrogen) atoms. The van der Waals surface area contributed by atoms with Crippen molar-refractivity contribution in [2.45, 2.75) is 31.8 Å². The number of hydrogen-bond donors (Lipinski definition) is 1. The van der Waals surface area contributed by atoms with E-state index in [4.69, 9.17) is 21.1 Å². The summed E-state index contributed by atoms with van der Waals surface area (Å²) in [6.07, 6.45) is 2.35. The molecule has 1 fully saturated rings. The summed E-state index contributed by atoms with van der Waals surface area (Å²) in [5.41, 5.74) is -0.504. The van der Waals surface area contributed by atoms with E-state index >= 15 is 0 Å². The molecule has 2 rings (SSSR count). The van der Waals surface area contributed by atoms with Crippen LogP contribution in [0.1, 0.15) is 20.3 Å². The minimum Gasteiger partial charge on any atom is -0.474 e. The Kier molecular flexibility index (Phi) is 6.21. The third-order valence-electron chi connectivity index (χ3n) is 4.16. The predicted octanol–water partition coefficient (Wildman–Crippen LogP) is 1.73. The van der Waals surface area contributed by atoms with Gasteiger partial charge in [-0.1, -0.05) is 18.5 Å². The number of carbonyl (C=O) groups excluding carboxylic acids is 1. The Hall–Kier alpha value is -1.37. The maximum Gasteiger partial charge on any atom is 0.240 e. The number of hydrogen-bond acceptors (Lipinski definition) is 5. The molecule has 1 N–H and O–H groups in total. The van der Waals surface area contributed by atoms with Crippen molar-refractivity contribution >= 4 is 17.5 Å². The van der Waals surface area contributed by atoms with Crippen molar-refractivity contribution in [3.05, 3.63) is 23.4 Å². The molecule has 0 aliphatic carbocycles. The molecule has 1 aliphatic rings. The summed E-state index contributed by atoms with van der Waals surface area (Å²) in [5, 5.41) is 3.53. The number of amides is 1. The number of ether oxygens (including phenoxy) is 2. The summed E-state index contributed by atoms with van der Waals surface area (Å²) in [7, 11) is 1.93. The van der Waals surface area contributed by atoms with Crippen molar-refractivity contribution < 1.29 is 14.3 Å². The number of nitrogens with one attached hydrogen (secondary N) is 1. The number of halogens is 1. The van der Waals surface area contributed by atoms with Crippen LogP contribution in [-0.2, 0) is 9.53 Å². The van der Waals surface area contributed by atoms with Crippen LogP contribution in [0.25, 0.3) is 0 Å². The van der Waals surface area contributed by atoms with E-state index < -0.39 is 5.54 Å². The van der Waals surface area contributed by atoms with Gasteiger partial charge in [0.2, 0.25) is 11.8 Å². The molecular formula is C16H24ClN3O3. The first-order valence-electron chi connectivity index (χ1n) is 7.78. The molecule has 0 spiro atoms. The first-order valence-corrected chi connectivity index (χ1v) is 8.16. The molecule has 0 unspecified atom stereocenters. The van der Waals surface area contributed by atoms with Gasteiger partial charge >= 0.3 is 0 Å². The molecule has 0 aromatic carbocycles. The average molecular weight is 342 g/mol. The largest absolute Gasteiger partial charge is 0.474 e. The molecule has 1 aliphatic heterocycles. The van der Waals surface area contributed by atoms with E-state index in [1.54, 1.807) is 18.3 Å². The molecule has 1 saturated heterocycles. The van der Waals surface area contributed by atoms with Crippen LogP contribution in [0, 0.1) is 0 Å². The molecular weight excluding hydrogens is 318 g/mol. The summed E-state index contributed by atoms with van der Waals surface area (Å²) in [4.78, 5) is 18.6. The molecule has 0 saturated carbocycles. The van der Waals surface area contributed by atoms with E-state index in [0.29, 0.717) is 30.7 Å². The smallest absolute Gasteiger partial charge is 0.240 e. The van der Waals surface area contributed by atoms with Gasteiger partial charge in [-0.2, -0.15) is 0 Å². The van der Waals surface area contributed by atoms with Gasteiger partial charge < -0.3 is 14.8 Å². The lowest BCUT2D eigenvalue weighted by molar-refractivity contribution is -0.133. The second kappa shape index (κ2) is 7.95. The van der Waals surface area contributed by atoms with Gasteiger partial charge in [-0.3, -0.25) is 9.69 Å². The molecule has 6 nitrogen and oxygen atoms in total. The van der Waals surface area contributed by atoms with Crippen LogP contribution in [-0.4, -0.2) is 60.8 Å². The van der Waals surface area contributed by atoms with Gasteiger partial charge in [0.15, 0.2) is 0 Å². The van der Waals surface area contributed by atoms with Gasteiger partial charge in [-0.15, -0.1) is 0 Å². The van der Waals surface area contributed by atoms with Crippen molar-refractivity contribution in [3.63, 3.8) is 0 Å². The molecule has 1 amide bonds. The monoisotopic (exact) mass is 341 g/mol. The number of rotatable bonds is 6. The highest BCUT2D eigenvalue weighted by Crippen LogP contribution is 2.22. The van der Waals surface area contributed by atoms with Crippen molar-refractivity contribution in [2.24, 2.45) is 0 Å². The Morgan fingerprint density at radius 3 is 3.09 bits per heavy atom. The zero-order valence-electron chi connectivity index (χ0n) is 13.8. The Balaban J connectivity index is 1.96. The van der Waals surface area contributed by atoms with E-state index in [2.05, 4.69) is 10.3 Å². The van der Waals surface area contributed by atoms with Crippen LogP contribution in [0.3, 0.4) is 0 Å². The van der Waals surface area contributed by atoms with Crippen molar-refractivity contribution in [1.29, 1.82) is 0 Å². The van der Waals surface area contributed by atoms with Crippen LogP contribution in [0.5, 0.6) is 5.88 Å². The maximum atomic E-state index is 12.5. The Morgan fingerprint density at radius 2 is 2.43 bits per heavy atom. The van der Waals surface area contributed by atoms with Gasteiger partial charge in [-0.05, 0) is 32.5 Å².